The van der Waals surface area contributed by atoms with E-state index in [4.69, 9.17) is 17.4 Å². The first-order chi connectivity index (χ1) is 9.11. The Morgan fingerprint density at radius 2 is 2.11 bits per heavy atom. The van der Waals surface area contributed by atoms with E-state index in [-0.39, 0.29) is 0 Å². The zero-order valence-corrected chi connectivity index (χ0v) is 11.6. The normalized spacial score (nSPS) is 10.3. The molecule has 0 radical (unpaired) electrons. The maximum Gasteiger partial charge on any atom is 0.239 e. The Morgan fingerprint density at radius 3 is 2.79 bits per heavy atom. The highest BCUT2D eigenvalue weighted by Crippen LogP contribution is 2.21. The van der Waals surface area contributed by atoms with Gasteiger partial charge in [0.25, 0.3) is 0 Å². The molecule has 0 aliphatic rings. The average molecular weight is 278 g/mol. The largest absolute Gasteiger partial charge is 0.355 e. The van der Waals surface area contributed by atoms with Crippen LogP contribution in [0.3, 0.4) is 0 Å². The van der Waals surface area contributed by atoms with Crippen molar-refractivity contribution < 1.29 is 0 Å². The average Bonchev–Trinajstić information content (AvgIpc) is 2.42. The second-order valence-corrected chi connectivity index (χ2v) is 4.70. The first kappa shape index (κ1) is 13.6. The number of benzene rings is 1. The van der Waals surface area contributed by atoms with E-state index in [1.165, 1.54) is 0 Å². The third-order valence-corrected chi connectivity index (χ3v) is 3.17. The van der Waals surface area contributed by atoms with Crippen LogP contribution in [-0.4, -0.2) is 17.0 Å². The van der Waals surface area contributed by atoms with Gasteiger partial charge in [-0.3, -0.25) is 5.43 Å². The first-order valence-corrected chi connectivity index (χ1v) is 6.24. The van der Waals surface area contributed by atoms with Crippen molar-refractivity contribution in [2.45, 2.75) is 13.5 Å². The number of hydrogen-bond acceptors (Lipinski definition) is 5. The number of rotatable bonds is 4. The van der Waals surface area contributed by atoms with Gasteiger partial charge < -0.3 is 4.90 Å². The number of aromatic nitrogens is 2. The lowest BCUT2D eigenvalue weighted by Gasteiger charge is -2.21. The van der Waals surface area contributed by atoms with E-state index in [0.29, 0.717) is 12.5 Å². The quantitative estimate of drug-likeness (QED) is 0.663. The molecule has 1 aromatic heterocycles. The maximum absolute atomic E-state index is 6.16. The van der Waals surface area contributed by atoms with Gasteiger partial charge in [-0.1, -0.05) is 29.8 Å². The molecule has 5 nitrogen and oxygen atoms in total. The predicted octanol–water partition coefficient (Wildman–Crippen LogP) is 2.36. The van der Waals surface area contributed by atoms with Crippen LogP contribution in [0.4, 0.5) is 11.8 Å². The molecule has 3 N–H and O–H groups in total. The van der Waals surface area contributed by atoms with Gasteiger partial charge in [0.15, 0.2) is 0 Å². The zero-order valence-electron chi connectivity index (χ0n) is 10.9. The van der Waals surface area contributed by atoms with Crippen molar-refractivity contribution in [3.8, 4) is 0 Å². The van der Waals surface area contributed by atoms with E-state index < -0.39 is 0 Å². The molecular weight excluding hydrogens is 262 g/mol. The van der Waals surface area contributed by atoms with E-state index in [2.05, 4.69) is 15.4 Å². The number of hydrazine groups is 1. The van der Waals surface area contributed by atoms with Crippen molar-refractivity contribution in [1.82, 2.24) is 9.97 Å². The summed E-state index contributed by atoms with van der Waals surface area (Å²) in [6, 6.07) is 7.76. The minimum Gasteiger partial charge on any atom is -0.355 e. The Bertz CT molecular complexity index is 573. The van der Waals surface area contributed by atoms with Crippen LogP contribution in [-0.2, 0) is 6.54 Å². The standard InChI is InChI=1S/C13H16ClN5/c1-9-7-16-13(18-15)17-12(9)19(2)8-10-5-3-4-6-11(10)14/h3-7H,8,15H2,1-2H3,(H,16,17,18). The number of aryl methyl sites for hydroxylation is 1. The summed E-state index contributed by atoms with van der Waals surface area (Å²) in [6.45, 7) is 2.63. The highest BCUT2D eigenvalue weighted by atomic mass is 35.5. The molecule has 19 heavy (non-hydrogen) atoms. The number of nitrogens with zero attached hydrogens (tertiary/aromatic N) is 3. The summed E-state index contributed by atoms with van der Waals surface area (Å²) >= 11 is 6.16. The Balaban J connectivity index is 2.25. The summed E-state index contributed by atoms with van der Waals surface area (Å²) in [5.41, 5.74) is 4.48. The highest BCUT2D eigenvalue weighted by molar-refractivity contribution is 6.31. The fraction of sp³-hybridized carbons (Fsp3) is 0.231. The summed E-state index contributed by atoms with van der Waals surface area (Å²) in [5.74, 6) is 6.55. The van der Waals surface area contributed by atoms with Gasteiger partial charge in [-0.2, -0.15) is 4.98 Å². The molecule has 2 rings (SSSR count). The second-order valence-electron chi connectivity index (χ2n) is 4.29. The van der Waals surface area contributed by atoms with Gasteiger partial charge >= 0.3 is 0 Å². The molecule has 0 unspecified atom stereocenters. The van der Waals surface area contributed by atoms with Gasteiger partial charge in [-0.25, -0.2) is 10.8 Å². The van der Waals surface area contributed by atoms with Gasteiger partial charge in [-0.15, -0.1) is 0 Å². The van der Waals surface area contributed by atoms with Crippen molar-refractivity contribution >= 4 is 23.4 Å². The van der Waals surface area contributed by atoms with Crippen LogP contribution < -0.4 is 16.2 Å². The summed E-state index contributed by atoms with van der Waals surface area (Å²) in [6.07, 6.45) is 1.74. The van der Waals surface area contributed by atoms with Gasteiger partial charge in [0.2, 0.25) is 5.95 Å². The van der Waals surface area contributed by atoms with Crippen molar-refractivity contribution in [2.24, 2.45) is 5.84 Å². The number of nitrogens with one attached hydrogen (secondary N) is 1. The monoisotopic (exact) mass is 277 g/mol. The SMILES string of the molecule is Cc1cnc(NN)nc1N(C)Cc1ccccc1Cl. The first-order valence-electron chi connectivity index (χ1n) is 5.86. The third-order valence-electron chi connectivity index (χ3n) is 2.80. The van der Waals surface area contributed by atoms with Crippen LogP contribution in [0.25, 0.3) is 0 Å². The number of nitrogens with two attached hydrogens (primary N) is 1. The lowest BCUT2D eigenvalue weighted by molar-refractivity contribution is 0.882. The molecule has 6 heteroatoms. The second kappa shape index (κ2) is 5.86. The minimum atomic E-state index is 0.395. The predicted molar refractivity (Wildman–Crippen MR) is 78.1 cm³/mol. The van der Waals surface area contributed by atoms with Gasteiger partial charge in [0, 0.05) is 30.4 Å². The smallest absolute Gasteiger partial charge is 0.239 e. The fourth-order valence-corrected chi connectivity index (χ4v) is 2.04. The molecule has 0 atom stereocenters. The fourth-order valence-electron chi connectivity index (χ4n) is 1.85. The van der Waals surface area contributed by atoms with Gasteiger partial charge in [0.05, 0.1) is 0 Å². The number of anilines is 2. The van der Waals surface area contributed by atoms with E-state index >= 15 is 0 Å². The summed E-state index contributed by atoms with van der Waals surface area (Å²) < 4.78 is 0. The summed E-state index contributed by atoms with van der Waals surface area (Å²) in [5, 5.41) is 0.748. The minimum absolute atomic E-state index is 0.395. The molecule has 1 heterocycles. The van der Waals surface area contributed by atoms with Gasteiger partial charge in [0.1, 0.15) is 5.82 Å². The Labute approximate surface area is 117 Å². The van der Waals surface area contributed by atoms with Crippen molar-refractivity contribution in [3.05, 3.63) is 46.6 Å². The lowest BCUT2D eigenvalue weighted by atomic mass is 10.2. The van der Waals surface area contributed by atoms with E-state index in [1.54, 1.807) is 6.20 Å². The number of halogens is 1. The topological polar surface area (TPSA) is 67.1 Å². The van der Waals surface area contributed by atoms with Crippen LogP contribution in [0, 0.1) is 6.92 Å². The summed E-state index contributed by atoms with van der Waals surface area (Å²) in [4.78, 5) is 10.4. The molecule has 0 saturated carbocycles. The van der Waals surface area contributed by atoms with Crippen LogP contribution in [0.2, 0.25) is 5.02 Å². The molecule has 0 spiro atoms. The summed E-state index contributed by atoms with van der Waals surface area (Å²) in [7, 11) is 1.96. The van der Waals surface area contributed by atoms with Crippen molar-refractivity contribution in [3.63, 3.8) is 0 Å². The molecule has 0 bridgehead atoms. The van der Waals surface area contributed by atoms with Gasteiger partial charge in [-0.05, 0) is 18.6 Å². The van der Waals surface area contributed by atoms with E-state index in [9.17, 15) is 0 Å². The van der Waals surface area contributed by atoms with E-state index in [0.717, 1.165) is 22.0 Å². The molecule has 0 fully saturated rings. The molecule has 0 aliphatic carbocycles. The van der Waals surface area contributed by atoms with E-state index in [1.807, 2.05) is 43.1 Å². The van der Waals surface area contributed by atoms with Crippen LogP contribution in [0.1, 0.15) is 11.1 Å². The molecule has 0 saturated heterocycles. The number of hydrogen-bond donors (Lipinski definition) is 2. The molecule has 0 aliphatic heterocycles. The van der Waals surface area contributed by atoms with Crippen LogP contribution in [0.15, 0.2) is 30.5 Å². The molecule has 100 valence electrons. The Kier molecular flexibility index (Phi) is 4.19. The molecular formula is C13H16ClN5. The van der Waals surface area contributed by atoms with Crippen molar-refractivity contribution in [2.75, 3.05) is 17.4 Å². The maximum atomic E-state index is 6.16. The molecule has 2 aromatic rings. The molecule has 1 aromatic carbocycles. The lowest BCUT2D eigenvalue weighted by Crippen LogP contribution is -2.21. The molecule has 0 amide bonds. The van der Waals surface area contributed by atoms with Crippen LogP contribution in [0.5, 0.6) is 0 Å². The third kappa shape index (κ3) is 3.13. The highest BCUT2D eigenvalue weighted by Gasteiger charge is 2.10. The Morgan fingerprint density at radius 1 is 1.37 bits per heavy atom. The number of nitrogen functional groups attached to an aromatic ring is 1. The van der Waals surface area contributed by atoms with Crippen LogP contribution >= 0.6 is 11.6 Å². The Hall–Kier alpha value is -1.85. The zero-order chi connectivity index (χ0) is 13.8. The van der Waals surface area contributed by atoms with Crippen molar-refractivity contribution in [1.29, 1.82) is 0 Å².